The van der Waals surface area contributed by atoms with Gasteiger partial charge >= 0.3 is 0 Å². The Morgan fingerprint density at radius 1 is 1.21 bits per heavy atom. The quantitative estimate of drug-likeness (QED) is 0.791. The topological polar surface area (TPSA) is 59.4 Å². The van der Waals surface area contributed by atoms with Crippen molar-refractivity contribution in [2.24, 2.45) is 0 Å². The van der Waals surface area contributed by atoms with E-state index in [4.69, 9.17) is 16.3 Å². The van der Waals surface area contributed by atoms with Crippen LogP contribution in [0, 0.1) is 0 Å². The third kappa shape index (κ3) is 4.74. The zero-order valence-corrected chi connectivity index (χ0v) is 16.8. The maximum absolute atomic E-state index is 12.5. The summed E-state index contributed by atoms with van der Waals surface area (Å²) in [4.78, 5) is 14.8. The second-order valence-electron chi connectivity index (χ2n) is 7.61. The maximum Gasteiger partial charge on any atom is 0.226 e. The van der Waals surface area contributed by atoms with Gasteiger partial charge < -0.3 is 10.1 Å². The molecule has 2 aliphatic rings. The highest BCUT2D eigenvalue weighted by Crippen LogP contribution is 2.31. The second kappa shape index (κ2) is 9.07. The van der Waals surface area contributed by atoms with Crippen LogP contribution in [-0.2, 0) is 9.53 Å². The van der Waals surface area contributed by atoms with Crippen LogP contribution in [0.2, 0.25) is 5.02 Å². The average Bonchev–Trinajstić information content (AvgIpc) is 3.39. The van der Waals surface area contributed by atoms with E-state index in [1.54, 1.807) is 6.20 Å². The van der Waals surface area contributed by atoms with Gasteiger partial charge in [0.15, 0.2) is 0 Å². The van der Waals surface area contributed by atoms with Crippen molar-refractivity contribution in [3.8, 4) is 0 Å². The minimum atomic E-state index is 0.0258. The van der Waals surface area contributed by atoms with Gasteiger partial charge in [0, 0.05) is 37.1 Å². The molecule has 1 saturated heterocycles. The smallest absolute Gasteiger partial charge is 0.226 e. The van der Waals surface area contributed by atoms with Gasteiger partial charge in [0.25, 0.3) is 0 Å². The lowest BCUT2D eigenvalue weighted by molar-refractivity contribution is -0.117. The molecule has 0 radical (unpaired) electrons. The van der Waals surface area contributed by atoms with Crippen molar-refractivity contribution in [2.45, 2.75) is 44.2 Å². The fraction of sp³-hybridized carbons (Fsp3) is 0.524. The standard InChI is InChI=1S/C21H27ClN4O2/c22-17-7-5-16(6-8-17)19-15-25(13-14-28-19)12-10-21(27)24-20-9-11-23-26(20)18-3-1-2-4-18/h5-9,11,18-19H,1-4,10,12-15H2,(H,24,27). The van der Waals surface area contributed by atoms with Gasteiger partial charge in [-0.25, -0.2) is 4.68 Å². The van der Waals surface area contributed by atoms with Crippen molar-refractivity contribution < 1.29 is 9.53 Å². The summed E-state index contributed by atoms with van der Waals surface area (Å²) in [5, 5.41) is 8.19. The van der Waals surface area contributed by atoms with Crippen molar-refractivity contribution in [3.63, 3.8) is 0 Å². The predicted molar refractivity (Wildman–Crippen MR) is 110 cm³/mol. The average molecular weight is 403 g/mol. The van der Waals surface area contributed by atoms with Crippen LogP contribution in [0.4, 0.5) is 5.82 Å². The maximum atomic E-state index is 12.5. The first-order chi connectivity index (χ1) is 13.7. The Labute approximate surface area is 170 Å². The zero-order valence-electron chi connectivity index (χ0n) is 16.0. The number of nitrogens with one attached hydrogen (secondary N) is 1. The molecule has 7 heteroatoms. The van der Waals surface area contributed by atoms with Gasteiger partial charge in [-0.15, -0.1) is 0 Å². The van der Waals surface area contributed by atoms with Crippen LogP contribution in [0.3, 0.4) is 0 Å². The van der Waals surface area contributed by atoms with Crippen LogP contribution < -0.4 is 5.32 Å². The third-order valence-corrected chi connectivity index (χ3v) is 5.91. The zero-order chi connectivity index (χ0) is 19.3. The summed E-state index contributed by atoms with van der Waals surface area (Å²) in [5.41, 5.74) is 1.12. The summed E-state index contributed by atoms with van der Waals surface area (Å²) in [6, 6.07) is 10.1. The second-order valence-corrected chi connectivity index (χ2v) is 8.05. The number of anilines is 1. The number of morpholine rings is 1. The minimum Gasteiger partial charge on any atom is -0.371 e. The summed E-state index contributed by atoms with van der Waals surface area (Å²) in [6.07, 6.45) is 7.02. The Morgan fingerprint density at radius 3 is 2.79 bits per heavy atom. The molecular weight excluding hydrogens is 376 g/mol. The van der Waals surface area contributed by atoms with Crippen LogP contribution in [0.25, 0.3) is 0 Å². The monoisotopic (exact) mass is 402 g/mol. The number of amides is 1. The van der Waals surface area contributed by atoms with Crippen LogP contribution in [0.1, 0.15) is 49.8 Å². The highest BCUT2D eigenvalue weighted by molar-refractivity contribution is 6.30. The summed E-state index contributed by atoms with van der Waals surface area (Å²) < 4.78 is 7.88. The fourth-order valence-corrected chi connectivity index (χ4v) is 4.23. The highest BCUT2D eigenvalue weighted by atomic mass is 35.5. The summed E-state index contributed by atoms with van der Waals surface area (Å²) in [5.74, 6) is 0.854. The van der Waals surface area contributed by atoms with Gasteiger partial charge in [0.2, 0.25) is 5.91 Å². The van der Waals surface area contributed by atoms with E-state index in [1.165, 1.54) is 12.8 Å². The molecule has 1 N–H and O–H groups in total. The molecule has 0 bridgehead atoms. The van der Waals surface area contributed by atoms with Crippen molar-refractivity contribution in [2.75, 3.05) is 31.6 Å². The lowest BCUT2D eigenvalue weighted by Crippen LogP contribution is -2.39. The molecule has 150 valence electrons. The number of nitrogens with zero attached hydrogens (tertiary/aromatic N) is 3. The number of hydrogen-bond donors (Lipinski definition) is 1. The van der Waals surface area contributed by atoms with E-state index in [0.29, 0.717) is 19.1 Å². The molecule has 1 unspecified atom stereocenters. The number of hydrogen-bond acceptors (Lipinski definition) is 4. The molecule has 2 aromatic rings. The predicted octanol–water partition coefficient (Wildman–Crippen LogP) is 4.05. The summed E-state index contributed by atoms with van der Waals surface area (Å²) >= 11 is 5.97. The number of rotatable bonds is 6. The normalized spacial score (nSPS) is 21.1. The van der Waals surface area contributed by atoms with E-state index in [1.807, 2.05) is 35.0 Å². The summed E-state index contributed by atoms with van der Waals surface area (Å²) in [6.45, 7) is 3.02. The molecule has 28 heavy (non-hydrogen) atoms. The summed E-state index contributed by atoms with van der Waals surface area (Å²) in [7, 11) is 0. The van der Waals surface area contributed by atoms with E-state index in [0.717, 1.165) is 48.9 Å². The third-order valence-electron chi connectivity index (χ3n) is 5.66. The van der Waals surface area contributed by atoms with E-state index >= 15 is 0 Å². The Balaban J connectivity index is 1.28. The van der Waals surface area contributed by atoms with E-state index in [-0.39, 0.29) is 12.0 Å². The number of aromatic nitrogens is 2. The Hall–Kier alpha value is -1.89. The molecule has 2 fully saturated rings. The molecule has 1 aromatic heterocycles. The van der Waals surface area contributed by atoms with Gasteiger partial charge in [-0.1, -0.05) is 36.6 Å². The van der Waals surface area contributed by atoms with Crippen LogP contribution in [-0.4, -0.2) is 46.8 Å². The molecule has 4 rings (SSSR count). The largest absolute Gasteiger partial charge is 0.371 e. The van der Waals surface area contributed by atoms with Gasteiger partial charge in [0.1, 0.15) is 5.82 Å². The van der Waals surface area contributed by atoms with Crippen LogP contribution in [0.5, 0.6) is 0 Å². The number of carbonyl (C=O) groups is 1. The Bertz CT molecular complexity index is 786. The van der Waals surface area contributed by atoms with Crippen molar-refractivity contribution in [3.05, 3.63) is 47.1 Å². The van der Waals surface area contributed by atoms with Crippen LogP contribution >= 0.6 is 11.6 Å². The molecule has 1 aliphatic heterocycles. The first-order valence-corrected chi connectivity index (χ1v) is 10.5. The van der Waals surface area contributed by atoms with E-state index in [9.17, 15) is 4.79 Å². The molecule has 1 amide bonds. The van der Waals surface area contributed by atoms with E-state index < -0.39 is 0 Å². The minimum absolute atomic E-state index is 0.0258. The number of ether oxygens (including phenoxy) is 1. The van der Waals surface area contributed by atoms with Gasteiger partial charge in [-0.3, -0.25) is 9.69 Å². The van der Waals surface area contributed by atoms with Crippen molar-refractivity contribution in [1.82, 2.24) is 14.7 Å². The van der Waals surface area contributed by atoms with Crippen molar-refractivity contribution in [1.29, 1.82) is 0 Å². The van der Waals surface area contributed by atoms with E-state index in [2.05, 4.69) is 15.3 Å². The molecular formula is C21H27ClN4O2. The molecule has 1 aliphatic carbocycles. The number of halogens is 1. The molecule has 0 spiro atoms. The first-order valence-electron chi connectivity index (χ1n) is 10.1. The first kappa shape index (κ1) is 19.4. The molecule has 6 nitrogen and oxygen atoms in total. The highest BCUT2D eigenvalue weighted by Gasteiger charge is 2.23. The SMILES string of the molecule is O=C(CCN1CCOC(c2ccc(Cl)cc2)C1)Nc1ccnn1C1CCCC1. The fourth-order valence-electron chi connectivity index (χ4n) is 4.10. The van der Waals surface area contributed by atoms with Crippen LogP contribution in [0.15, 0.2) is 36.5 Å². The van der Waals surface area contributed by atoms with Crippen molar-refractivity contribution >= 4 is 23.3 Å². The van der Waals surface area contributed by atoms with Gasteiger partial charge in [-0.2, -0.15) is 5.10 Å². The number of carbonyl (C=O) groups excluding carboxylic acids is 1. The van der Waals surface area contributed by atoms with Gasteiger partial charge in [0.05, 0.1) is 24.9 Å². The lowest BCUT2D eigenvalue weighted by atomic mass is 10.1. The molecule has 2 heterocycles. The molecule has 1 saturated carbocycles. The van der Waals surface area contributed by atoms with Gasteiger partial charge in [-0.05, 0) is 30.5 Å². The Morgan fingerprint density at radius 2 is 2.00 bits per heavy atom. The lowest BCUT2D eigenvalue weighted by Gasteiger charge is -2.33. The molecule has 1 atom stereocenters. The molecule has 1 aromatic carbocycles. The number of benzene rings is 1. The Kier molecular flexibility index (Phi) is 6.29.